The monoisotopic (exact) mass is 290 g/mol. The molecule has 0 saturated carbocycles. The van der Waals surface area contributed by atoms with Crippen LogP contribution in [0.5, 0.6) is 5.75 Å². The molecule has 0 aliphatic heterocycles. The minimum Gasteiger partial charge on any atom is -0.511 e. The minimum atomic E-state index is -1.03. The molecule has 0 aromatic heterocycles. The van der Waals surface area contributed by atoms with Crippen molar-refractivity contribution in [3.63, 3.8) is 0 Å². The van der Waals surface area contributed by atoms with Crippen LogP contribution < -0.4 is 4.74 Å². The highest BCUT2D eigenvalue weighted by molar-refractivity contribution is 6.12. The van der Waals surface area contributed by atoms with E-state index in [2.05, 4.69) is 0 Å². The first-order valence-electron chi connectivity index (χ1n) is 6.46. The highest BCUT2D eigenvalue weighted by Gasteiger charge is 2.34. The Morgan fingerprint density at radius 1 is 1.19 bits per heavy atom. The fourth-order valence-electron chi connectivity index (χ4n) is 2.24. The lowest BCUT2D eigenvalue weighted by Gasteiger charge is -2.30. The molecule has 0 amide bonds. The van der Waals surface area contributed by atoms with Gasteiger partial charge in [0.25, 0.3) is 0 Å². The van der Waals surface area contributed by atoms with Crippen molar-refractivity contribution in [2.75, 3.05) is 21.3 Å². The summed E-state index contributed by atoms with van der Waals surface area (Å²) < 4.78 is 15.7. The molecule has 0 spiro atoms. The number of Topliss-reactive ketones (excluding diaryl/α,β-unsaturated/α-hetero) is 1. The fourth-order valence-corrected chi connectivity index (χ4v) is 2.24. The Balaban J connectivity index is 2.35. The lowest BCUT2D eigenvalue weighted by Crippen LogP contribution is -2.34. The van der Waals surface area contributed by atoms with Crippen molar-refractivity contribution in [2.24, 2.45) is 0 Å². The average Bonchev–Trinajstić information content (AvgIpc) is 2.54. The van der Waals surface area contributed by atoms with E-state index in [0.29, 0.717) is 11.3 Å². The van der Waals surface area contributed by atoms with Crippen LogP contribution in [0.25, 0.3) is 0 Å². The molecular weight excluding hydrogens is 272 g/mol. The molecule has 0 atom stereocenters. The second kappa shape index (κ2) is 6.11. The predicted octanol–water partition coefficient (Wildman–Crippen LogP) is 2.64. The van der Waals surface area contributed by atoms with Crippen LogP contribution in [0.4, 0.5) is 0 Å². The van der Waals surface area contributed by atoms with Gasteiger partial charge in [0, 0.05) is 14.2 Å². The van der Waals surface area contributed by atoms with Crippen molar-refractivity contribution in [3.05, 3.63) is 53.3 Å². The molecule has 2 rings (SSSR count). The van der Waals surface area contributed by atoms with Crippen molar-refractivity contribution in [3.8, 4) is 5.75 Å². The number of hydrogen-bond acceptors (Lipinski definition) is 5. The Morgan fingerprint density at radius 2 is 1.86 bits per heavy atom. The molecule has 0 unspecified atom stereocenters. The number of rotatable bonds is 5. The van der Waals surface area contributed by atoms with Crippen LogP contribution in [0.2, 0.25) is 0 Å². The van der Waals surface area contributed by atoms with E-state index in [-0.39, 0.29) is 23.5 Å². The molecule has 1 aromatic rings. The molecule has 21 heavy (non-hydrogen) atoms. The summed E-state index contributed by atoms with van der Waals surface area (Å²) in [5, 5.41) is 10.2. The third-order valence-corrected chi connectivity index (χ3v) is 3.52. The topological polar surface area (TPSA) is 65.0 Å². The number of hydrogen-bond donors (Lipinski definition) is 1. The predicted molar refractivity (Wildman–Crippen MR) is 77.5 cm³/mol. The molecule has 5 nitrogen and oxygen atoms in total. The zero-order chi connectivity index (χ0) is 15.5. The quantitative estimate of drug-likeness (QED) is 0.667. The standard InChI is InChI=1S/C16H18O5/c1-19-14-7-5-4-6-12(14)15(18)11-8-9-16(20-2,21-3)10-13(11)17/h4-9,17H,10H2,1-3H3. The van der Waals surface area contributed by atoms with Crippen LogP contribution in [0.15, 0.2) is 47.7 Å². The SMILES string of the molecule is COc1ccccc1C(=O)C1=C(O)CC(OC)(OC)C=C1. The fraction of sp³-hybridized carbons (Fsp3) is 0.312. The van der Waals surface area contributed by atoms with Crippen LogP contribution in [-0.2, 0) is 9.47 Å². The van der Waals surface area contributed by atoms with Crippen LogP contribution in [0.1, 0.15) is 16.8 Å². The van der Waals surface area contributed by atoms with Gasteiger partial charge in [0.15, 0.2) is 11.6 Å². The molecule has 0 saturated heterocycles. The Morgan fingerprint density at radius 3 is 2.43 bits per heavy atom. The first-order valence-corrected chi connectivity index (χ1v) is 6.46. The number of ketones is 1. The van der Waals surface area contributed by atoms with Gasteiger partial charge in [0.05, 0.1) is 24.7 Å². The average molecular weight is 290 g/mol. The molecule has 1 aliphatic carbocycles. The largest absolute Gasteiger partial charge is 0.511 e. The van der Waals surface area contributed by atoms with Crippen molar-refractivity contribution >= 4 is 5.78 Å². The lowest BCUT2D eigenvalue weighted by molar-refractivity contribution is -0.173. The summed E-state index contributed by atoms with van der Waals surface area (Å²) in [6, 6.07) is 6.88. The Kier molecular flexibility index (Phi) is 4.45. The summed E-state index contributed by atoms with van der Waals surface area (Å²) in [4.78, 5) is 12.5. The summed E-state index contributed by atoms with van der Waals surface area (Å²) >= 11 is 0. The molecule has 112 valence electrons. The summed E-state index contributed by atoms with van der Waals surface area (Å²) in [6.07, 6.45) is 3.21. The number of methoxy groups -OCH3 is 3. The number of carbonyl (C=O) groups excluding carboxylic acids is 1. The zero-order valence-corrected chi connectivity index (χ0v) is 12.3. The van der Waals surface area contributed by atoms with Gasteiger partial charge in [-0.3, -0.25) is 4.79 Å². The van der Waals surface area contributed by atoms with E-state index in [0.717, 1.165) is 0 Å². The second-order valence-corrected chi connectivity index (χ2v) is 4.62. The molecule has 0 heterocycles. The second-order valence-electron chi connectivity index (χ2n) is 4.62. The number of benzene rings is 1. The summed E-state index contributed by atoms with van der Waals surface area (Å²) in [5.41, 5.74) is 0.609. The van der Waals surface area contributed by atoms with E-state index < -0.39 is 5.79 Å². The van der Waals surface area contributed by atoms with Crippen LogP contribution in [-0.4, -0.2) is 38.0 Å². The first kappa shape index (κ1) is 15.3. The Bertz CT molecular complexity index is 596. The molecule has 5 heteroatoms. The smallest absolute Gasteiger partial charge is 0.200 e. The molecule has 0 bridgehead atoms. The molecule has 1 N–H and O–H groups in total. The van der Waals surface area contributed by atoms with Crippen molar-refractivity contribution in [1.29, 1.82) is 0 Å². The van der Waals surface area contributed by atoms with Crippen molar-refractivity contribution in [1.82, 2.24) is 0 Å². The molecule has 1 aliphatic rings. The van der Waals surface area contributed by atoms with Gasteiger partial charge in [0.2, 0.25) is 0 Å². The van der Waals surface area contributed by atoms with Gasteiger partial charge in [-0.2, -0.15) is 0 Å². The van der Waals surface area contributed by atoms with Gasteiger partial charge in [-0.1, -0.05) is 12.1 Å². The van der Waals surface area contributed by atoms with E-state index in [1.807, 2.05) is 0 Å². The van der Waals surface area contributed by atoms with Crippen molar-refractivity contribution < 1.29 is 24.1 Å². The maximum absolute atomic E-state index is 12.5. The zero-order valence-electron chi connectivity index (χ0n) is 12.3. The maximum Gasteiger partial charge on any atom is 0.200 e. The van der Waals surface area contributed by atoms with E-state index >= 15 is 0 Å². The maximum atomic E-state index is 12.5. The third-order valence-electron chi connectivity index (χ3n) is 3.52. The van der Waals surface area contributed by atoms with Gasteiger partial charge in [-0.15, -0.1) is 0 Å². The summed E-state index contributed by atoms with van der Waals surface area (Å²) in [5.74, 6) is -0.945. The highest BCUT2D eigenvalue weighted by atomic mass is 16.7. The number of carbonyl (C=O) groups is 1. The normalized spacial score (nSPS) is 16.9. The van der Waals surface area contributed by atoms with Gasteiger partial charge >= 0.3 is 0 Å². The van der Waals surface area contributed by atoms with Crippen LogP contribution in [0, 0.1) is 0 Å². The summed E-state index contributed by atoms with van der Waals surface area (Å²) in [7, 11) is 4.46. The molecule has 0 fully saturated rings. The number of allylic oxidation sites excluding steroid dienone is 2. The van der Waals surface area contributed by atoms with E-state index in [9.17, 15) is 9.90 Å². The van der Waals surface area contributed by atoms with E-state index in [1.54, 1.807) is 30.3 Å². The Hall–Kier alpha value is -2.11. The van der Waals surface area contributed by atoms with Crippen LogP contribution in [0.3, 0.4) is 0 Å². The highest BCUT2D eigenvalue weighted by Crippen LogP contribution is 2.32. The van der Waals surface area contributed by atoms with Crippen molar-refractivity contribution in [2.45, 2.75) is 12.2 Å². The molecular formula is C16H18O5. The van der Waals surface area contributed by atoms with Crippen LogP contribution >= 0.6 is 0 Å². The van der Waals surface area contributed by atoms with Gasteiger partial charge in [-0.25, -0.2) is 0 Å². The van der Waals surface area contributed by atoms with E-state index in [4.69, 9.17) is 14.2 Å². The number of aliphatic hydroxyl groups excluding tert-OH is 1. The summed E-state index contributed by atoms with van der Waals surface area (Å²) in [6.45, 7) is 0. The third kappa shape index (κ3) is 2.84. The van der Waals surface area contributed by atoms with Gasteiger partial charge < -0.3 is 19.3 Å². The van der Waals surface area contributed by atoms with Gasteiger partial charge in [0.1, 0.15) is 11.5 Å². The number of ether oxygens (including phenoxy) is 3. The first-order chi connectivity index (χ1) is 10.1. The van der Waals surface area contributed by atoms with E-state index in [1.165, 1.54) is 27.4 Å². The molecule has 0 radical (unpaired) electrons. The number of para-hydroxylation sites is 1. The number of aliphatic hydroxyl groups is 1. The van der Waals surface area contributed by atoms with Gasteiger partial charge in [-0.05, 0) is 24.3 Å². The molecule has 1 aromatic carbocycles. The Labute approximate surface area is 123 Å². The lowest BCUT2D eigenvalue weighted by atomic mass is 9.93. The minimum absolute atomic E-state index is 0.0721.